The van der Waals surface area contributed by atoms with Crippen molar-refractivity contribution in [2.75, 3.05) is 40.5 Å². The third kappa shape index (κ3) is 8.88. The van der Waals surface area contributed by atoms with Gasteiger partial charge in [-0.25, -0.2) is 0 Å². The van der Waals surface area contributed by atoms with Crippen molar-refractivity contribution in [2.24, 2.45) is 0 Å². The molecule has 34 heavy (non-hydrogen) atoms. The van der Waals surface area contributed by atoms with Crippen LogP contribution in [0, 0.1) is 0 Å². The summed E-state index contributed by atoms with van der Waals surface area (Å²) in [5, 5.41) is 2.37. The first-order valence-electron chi connectivity index (χ1n) is 10.6. The fourth-order valence-electron chi connectivity index (χ4n) is 3.39. The molecule has 5 unspecified atom stereocenters. The van der Waals surface area contributed by atoms with Gasteiger partial charge in [-0.1, -0.05) is 41.7 Å². The quantitative estimate of drug-likeness (QED) is 0.311. The number of hydrogen-bond acceptors (Lipinski definition) is 10. The number of amides is 1. The number of rotatable bonds is 13. The summed E-state index contributed by atoms with van der Waals surface area (Å²) in [5.74, 6) is 0.483. The number of carbonyl (C=O) groups excluding carboxylic acids is 2. The maximum atomic E-state index is 12.4. The molecule has 0 radical (unpaired) electrons. The van der Waals surface area contributed by atoms with Crippen LogP contribution < -0.4 is 10.1 Å². The van der Waals surface area contributed by atoms with E-state index < -0.39 is 29.8 Å². The monoisotopic (exact) mass is 515 g/mol. The van der Waals surface area contributed by atoms with Crippen LogP contribution >= 0.6 is 23.5 Å². The number of nitrogens with one attached hydrogen (secondary N) is 1. The molecule has 1 aliphatic rings. The standard InChI is InChI=1S/C23H33NO8S2/c1-6-11-30-22-19(24-15(2)25)20(31-14-27-3)21(34-23(26)33-5)18(32-22)13-29-12-16-7-9-17(28-4)10-8-16/h6-10,18-22H,1,11-14H2,2-5H3,(H,24,25). The average molecular weight is 516 g/mol. The average Bonchev–Trinajstić information content (AvgIpc) is 2.83. The van der Waals surface area contributed by atoms with Gasteiger partial charge >= 0.3 is 0 Å². The van der Waals surface area contributed by atoms with Crippen molar-refractivity contribution in [1.82, 2.24) is 5.32 Å². The molecule has 0 spiro atoms. The van der Waals surface area contributed by atoms with Gasteiger partial charge in [-0.05, 0) is 24.0 Å². The second-order valence-corrected chi connectivity index (χ2v) is 9.52. The van der Waals surface area contributed by atoms with Crippen LogP contribution in [0.1, 0.15) is 12.5 Å². The second kappa shape index (κ2) is 15.4. The van der Waals surface area contributed by atoms with Crippen LogP contribution in [0.25, 0.3) is 0 Å². The molecular weight excluding hydrogens is 482 g/mol. The lowest BCUT2D eigenvalue weighted by molar-refractivity contribution is -0.247. The van der Waals surface area contributed by atoms with Crippen molar-refractivity contribution in [3.05, 3.63) is 42.5 Å². The summed E-state index contributed by atoms with van der Waals surface area (Å²) in [5.41, 5.74) is 0.962. The Morgan fingerprint density at radius 2 is 1.94 bits per heavy atom. The van der Waals surface area contributed by atoms with E-state index in [-0.39, 0.29) is 30.4 Å². The minimum absolute atomic E-state index is 0.0289. The number of thioether (sulfide) groups is 2. The van der Waals surface area contributed by atoms with E-state index in [0.29, 0.717) is 6.61 Å². The molecule has 9 nitrogen and oxygen atoms in total. The van der Waals surface area contributed by atoms with Crippen molar-refractivity contribution < 1.29 is 38.0 Å². The van der Waals surface area contributed by atoms with E-state index >= 15 is 0 Å². The predicted molar refractivity (Wildman–Crippen MR) is 132 cm³/mol. The first kappa shape index (κ1) is 28.6. The number of benzene rings is 1. The molecule has 1 saturated heterocycles. The Morgan fingerprint density at radius 1 is 1.21 bits per heavy atom. The minimum Gasteiger partial charge on any atom is -0.497 e. The highest BCUT2D eigenvalue weighted by Crippen LogP contribution is 2.35. The van der Waals surface area contributed by atoms with Crippen molar-refractivity contribution in [1.29, 1.82) is 0 Å². The molecule has 0 bridgehead atoms. The lowest BCUT2D eigenvalue weighted by Crippen LogP contribution is -2.64. The van der Waals surface area contributed by atoms with Crippen LogP contribution in [-0.2, 0) is 35.1 Å². The molecule has 190 valence electrons. The van der Waals surface area contributed by atoms with Gasteiger partial charge in [-0.3, -0.25) is 9.59 Å². The summed E-state index contributed by atoms with van der Waals surface area (Å²) in [6.07, 6.45) is 1.27. The Morgan fingerprint density at radius 3 is 2.53 bits per heavy atom. The zero-order valence-electron chi connectivity index (χ0n) is 19.9. The number of hydrogen-bond donors (Lipinski definition) is 1. The Kier molecular flexibility index (Phi) is 13.0. The van der Waals surface area contributed by atoms with Crippen molar-refractivity contribution in [2.45, 2.75) is 43.3 Å². The van der Waals surface area contributed by atoms with E-state index in [0.717, 1.165) is 34.8 Å². The number of methoxy groups -OCH3 is 2. The highest BCUT2D eigenvalue weighted by atomic mass is 32.2. The third-order valence-corrected chi connectivity index (χ3v) is 7.04. The van der Waals surface area contributed by atoms with Crippen molar-refractivity contribution in [3.8, 4) is 5.75 Å². The zero-order chi connectivity index (χ0) is 24.9. The van der Waals surface area contributed by atoms with E-state index in [2.05, 4.69) is 11.9 Å². The molecule has 1 amide bonds. The molecule has 1 aromatic rings. The van der Waals surface area contributed by atoms with Gasteiger partial charge in [0, 0.05) is 14.0 Å². The Balaban J connectivity index is 2.23. The summed E-state index contributed by atoms with van der Waals surface area (Å²) in [7, 11) is 3.11. The van der Waals surface area contributed by atoms with E-state index in [9.17, 15) is 9.59 Å². The summed E-state index contributed by atoms with van der Waals surface area (Å²) >= 11 is 2.19. The van der Waals surface area contributed by atoms with Gasteiger partial charge in [-0.15, -0.1) is 6.58 Å². The molecule has 0 saturated carbocycles. The molecule has 11 heteroatoms. The second-order valence-electron chi connectivity index (χ2n) is 7.33. The Hall–Kier alpha value is -1.60. The van der Waals surface area contributed by atoms with Crippen LogP contribution in [0.3, 0.4) is 0 Å². The van der Waals surface area contributed by atoms with Crippen LogP contribution in [0.5, 0.6) is 5.75 Å². The van der Waals surface area contributed by atoms with E-state index in [1.165, 1.54) is 14.0 Å². The van der Waals surface area contributed by atoms with Crippen LogP contribution in [0.2, 0.25) is 0 Å². The van der Waals surface area contributed by atoms with E-state index in [4.69, 9.17) is 28.4 Å². The number of carbonyl (C=O) groups is 2. The van der Waals surface area contributed by atoms with Crippen molar-refractivity contribution in [3.63, 3.8) is 0 Å². The fourth-order valence-corrected chi connectivity index (χ4v) is 5.01. The van der Waals surface area contributed by atoms with Gasteiger partial charge in [0.15, 0.2) is 6.29 Å². The first-order valence-corrected chi connectivity index (χ1v) is 12.7. The molecule has 0 aromatic heterocycles. The maximum absolute atomic E-state index is 12.4. The molecule has 1 N–H and O–H groups in total. The molecule has 1 aliphatic heterocycles. The van der Waals surface area contributed by atoms with Crippen molar-refractivity contribution >= 4 is 33.9 Å². The number of ether oxygens (including phenoxy) is 6. The Bertz CT molecular complexity index is 779. The van der Waals surface area contributed by atoms with Crippen LogP contribution in [-0.4, -0.2) is 80.6 Å². The highest BCUT2D eigenvalue weighted by Gasteiger charge is 2.49. The molecule has 1 fully saturated rings. The summed E-state index contributed by atoms with van der Waals surface area (Å²) in [6, 6.07) is 6.88. The van der Waals surface area contributed by atoms with Gasteiger partial charge in [0.1, 0.15) is 24.7 Å². The van der Waals surface area contributed by atoms with Gasteiger partial charge < -0.3 is 33.7 Å². The fraction of sp³-hybridized carbons (Fsp3) is 0.565. The van der Waals surface area contributed by atoms with Crippen LogP contribution in [0.4, 0.5) is 4.79 Å². The third-order valence-electron chi connectivity index (χ3n) is 4.88. The van der Waals surface area contributed by atoms with Gasteiger partial charge in [-0.2, -0.15) is 0 Å². The molecule has 1 heterocycles. The molecular formula is C23H33NO8S2. The first-order chi connectivity index (χ1) is 16.4. The molecule has 2 rings (SSSR count). The SMILES string of the molecule is C=CCOC1OC(COCc2ccc(OC)cc2)C(SC(=O)SC)C(OCOC)C1NC(C)=O. The highest BCUT2D eigenvalue weighted by molar-refractivity contribution is 8.38. The smallest absolute Gasteiger partial charge is 0.246 e. The lowest BCUT2D eigenvalue weighted by atomic mass is 9.99. The van der Waals surface area contributed by atoms with Gasteiger partial charge in [0.2, 0.25) is 10.4 Å². The molecule has 1 aromatic carbocycles. The maximum Gasteiger partial charge on any atom is 0.246 e. The normalized spacial score (nSPS) is 24.4. The summed E-state index contributed by atoms with van der Waals surface area (Å²) < 4.78 is 34.1. The lowest BCUT2D eigenvalue weighted by Gasteiger charge is -2.45. The van der Waals surface area contributed by atoms with Gasteiger partial charge in [0.25, 0.3) is 0 Å². The van der Waals surface area contributed by atoms with E-state index in [1.807, 2.05) is 24.3 Å². The van der Waals surface area contributed by atoms with Crippen LogP contribution in [0.15, 0.2) is 36.9 Å². The largest absolute Gasteiger partial charge is 0.497 e. The minimum atomic E-state index is -0.834. The molecule has 0 aliphatic carbocycles. The molecule has 5 atom stereocenters. The summed E-state index contributed by atoms with van der Waals surface area (Å²) in [4.78, 5) is 24.3. The topological polar surface area (TPSA) is 102 Å². The van der Waals surface area contributed by atoms with E-state index in [1.54, 1.807) is 19.4 Å². The summed E-state index contributed by atoms with van der Waals surface area (Å²) in [6.45, 7) is 5.77. The Labute approximate surface area is 209 Å². The zero-order valence-corrected chi connectivity index (χ0v) is 21.5. The van der Waals surface area contributed by atoms with Gasteiger partial charge in [0.05, 0.1) is 38.3 Å². The predicted octanol–water partition coefficient (Wildman–Crippen LogP) is 3.22.